The number of anilines is 1. The fourth-order valence-electron chi connectivity index (χ4n) is 4.08. The summed E-state index contributed by atoms with van der Waals surface area (Å²) in [6.45, 7) is 6.60. The highest BCUT2D eigenvalue weighted by Crippen LogP contribution is 2.27. The highest BCUT2D eigenvalue weighted by molar-refractivity contribution is 5.48. The van der Waals surface area contributed by atoms with Crippen molar-refractivity contribution in [3.8, 4) is 0 Å². The lowest BCUT2D eigenvalue weighted by Crippen LogP contribution is -2.38. The van der Waals surface area contributed by atoms with Crippen molar-refractivity contribution in [3.05, 3.63) is 29.8 Å². The molecule has 3 rings (SSSR count). The summed E-state index contributed by atoms with van der Waals surface area (Å²) in [7, 11) is 0. The standard InChI is InChI=1S/C20H32N2O/c1-15-5-3-4-6-20(15)21-16(2)17-7-9-18(10-8-17)22-13-11-19(23)12-14-22/h7-10,15-16,19-21,23H,3-6,11-14H2,1-2H3. The molecule has 3 unspecified atom stereocenters. The average molecular weight is 316 g/mol. The zero-order valence-corrected chi connectivity index (χ0v) is 14.7. The minimum atomic E-state index is -0.104. The summed E-state index contributed by atoms with van der Waals surface area (Å²) < 4.78 is 0. The smallest absolute Gasteiger partial charge is 0.0574 e. The van der Waals surface area contributed by atoms with Gasteiger partial charge in [0.05, 0.1) is 6.10 Å². The summed E-state index contributed by atoms with van der Waals surface area (Å²) in [6.07, 6.45) is 7.12. The summed E-state index contributed by atoms with van der Waals surface area (Å²) in [6, 6.07) is 10.1. The molecule has 1 saturated carbocycles. The molecule has 0 amide bonds. The van der Waals surface area contributed by atoms with Crippen LogP contribution in [0.2, 0.25) is 0 Å². The first-order valence-corrected chi connectivity index (χ1v) is 9.42. The maximum atomic E-state index is 9.63. The molecule has 1 aromatic carbocycles. The Morgan fingerprint density at radius 1 is 1.04 bits per heavy atom. The number of aliphatic hydroxyl groups excluding tert-OH is 1. The first kappa shape index (κ1) is 16.8. The van der Waals surface area contributed by atoms with Gasteiger partial charge in [0.15, 0.2) is 0 Å². The Morgan fingerprint density at radius 3 is 2.35 bits per heavy atom. The lowest BCUT2D eigenvalue weighted by atomic mass is 9.85. The van der Waals surface area contributed by atoms with Crippen molar-refractivity contribution >= 4 is 5.69 Å². The number of nitrogens with zero attached hydrogens (tertiary/aromatic N) is 1. The van der Waals surface area contributed by atoms with Crippen LogP contribution < -0.4 is 10.2 Å². The van der Waals surface area contributed by atoms with Crippen molar-refractivity contribution in [1.29, 1.82) is 0 Å². The number of aliphatic hydroxyl groups is 1. The Kier molecular flexibility index (Phi) is 5.60. The predicted octanol–water partition coefficient (Wildman–Crippen LogP) is 3.88. The normalized spacial score (nSPS) is 27.9. The van der Waals surface area contributed by atoms with Gasteiger partial charge in [-0.25, -0.2) is 0 Å². The molecular formula is C20H32N2O. The Hall–Kier alpha value is -1.06. The maximum Gasteiger partial charge on any atom is 0.0574 e. The molecule has 2 aliphatic rings. The topological polar surface area (TPSA) is 35.5 Å². The maximum absolute atomic E-state index is 9.63. The van der Waals surface area contributed by atoms with E-state index in [1.807, 2.05) is 0 Å². The lowest BCUT2D eigenvalue weighted by Gasteiger charge is -2.33. The molecule has 3 atom stereocenters. The van der Waals surface area contributed by atoms with Crippen LogP contribution in [0.3, 0.4) is 0 Å². The van der Waals surface area contributed by atoms with Crippen LogP contribution in [0, 0.1) is 5.92 Å². The van der Waals surface area contributed by atoms with Gasteiger partial charge >= 0.3 is 0 Å². The fourth-order valence-corrected chi connectivity index (χ4v) is 4.08. The van der Waals surface area contributed by atoms with Gasteiger partial charge in [0.1, 0.15) is 0 Å². The monoisotopic (exact) mass is 316 g/mol. The van der Waals surface area contributed by atoms with Crippen LogP contribution in [0.15, 0.2) is 24.3 Å². The molecule has 0 bridgehead atoms. The van der Waals surface area contributed by atoms with E-state index in [-0.39, 0.29) is 6.10 Å². The van der Waals surface area contributed by atoms with Crippen molar-refractivity contribution in [2.24, 2.45) is 5.92 Å². The van der Waals surface area contributed by atoms with Crippen molar-refractivity contribution < 1.29 is 5.11 Å². The number of piperidine rings is 1. The van der Waals surface area contributed by atoms with E-state index in [9.17, 15) is 5.11 Å². The van der Waals surface area contributed by atoms with Crippen LogP contribution >= 0.6 is 0 Å². The third-order valence-corrected chi connectivity index (χ3v) is 5.80. The van der Waals surface area contributed by atoms with E-state index in [0.29, 0.717) is 12.1 Å². The molecule has 3 nitrogen and oxygen atoms in total. The molecular weight excluding hydrogens is 284 g/mol. The van der Waals surface area contributed by atoms with E-state index in [1.165, 1.54) is 36.9 Å². The number of benzene rings is 1. The molecule has 1 saturated heterocycles. The molecule has 2 fully saturated rings. The molecule has 0 radical (unpaired) electrons. The third-order valence-electron chi connectivity index (χ3n) is 5.80. The minimum absolute atomic E-state index is 0.104. The van der Waals surface area contributed by atoms with Crippen LogP contribution in [0.1, 0.15) is 64.0 Å². The molecule has 23 heavy (non-hydrogen) atoms. The van der Waals surface area contributed by atoms with Crippen molar-refractivity contribution in [3.63, 3.8) is 0 Å². The predicted molar refractivity (Wildman–Crippen MR) is 96.9 cm³/mol. The first-order valence-electron chi connectivity index (χ1n) is 9.42. The molecule has 0 aromatic heterocycles. The summed E-state index contributed by atoms with van der Waals surface area (Å²) in [5.74, 6) is 0.797. The van der Waals surface area contributed by atoms with Gasteiger partial charge in [0, 0.05) is 30.9 Å². The van der Waals surface area contributed by atoms with E-state index in [0.717, 1.165) is 31.8 Å². The van der Waals surface area contributed by atoms with Gasteiger partial charge in [-0.2, -0.15) is 0 Å². The van der Waals surface area contributed by atoms with Crippen LogP contribution in [0.5, 0.6) is 0 Å². The molecule has 1 aromatic rings. The Labute approximate surface area is 141 Å². The van der Waals surface area contributed by atoms with Crippen molar-refractivity contribution in [1.82, 2.24) is 5.32 Å². The van der Waals surface area contributed by atoms with E-state index in [1.54, 1.807) is 0 Å². The zero-order chi connectivity index (χ0) is 16.2. The quantitative estimate of drug-likeness (QED) is 0.885. The molecule has 128 valence electrons. The van der Waals surface area contributed by atoms with Gasteiger partial charge in [-0.15, -0.1) is 0 Å². The largest absolute Gasteiger partial charge is 0.393 e. The summed E-state index contributed by atoms with van der Waals surface area (Å²) in [4.78, 5) is 2.39. The van der Waals surface area contributed by atoms with Gasteiger partial charge in [-0.3, -0.25) is 0 Å². The Bertz CT molecular complexity index is 479. The van der Waals surface area contributed by atoms with Crippen molar-refractivity contribution in [2.75, 3.05) is 18.0 Å². The molecule has 3 heteroatoms. The third kappa shape index (κ3) is 4.27. The number of nitrogens with one attached hydrogen (secondary N) is 1. The highest BCUT2D eigenvalue weighted by atomic mass is 16.3. The molecule has 1 heterocycles. The van der Waals surface area contributed by atoms with E-state index in [4.69, 9.17) is 0 Å². The minimum Gasteiger partial charge on any atom is -0.393 e. The van der Waals surface area contributed by atoms with Gasteiger partial charge in [0.25, 0.3) is 0 Å². The SMILES string of the molecule is CC(NC1CCCCC1C)c1ccc(N2CCC(O)CC2)cc1. The van der Waals surface area contributed by atoms with Gasteiger partial charge in [-0.05, 0) is 56.2 Å². The second-order valence-electron chi connectivity index (χ2n) is 7.57. The van der Waals surface area contributed by atoms with E-state index >= 15 is 0 Å². The summed E-state index contributed by atoms with van der Waals surface area (Å²) in [5, 5.41) is 13.5. The average Bonchev–Trinajstić information content (AvgIpc) is 2.58. The molecule has 2 N–H and O–H groups in total. The first-order chi connectivity index (χ1) is 11.1. The van der Waals surface area contributed by atoms with E-state index in [2.05, 4.69) is 48.3 Å². The molecule has 1 aliphatic carbocycles. The van der Waals surface area contributed by atoms with Crippen LogP contribution in [0.25, 0.3) is 0 Å². The fraction of sp³-hybridized carbons (Fsp3) is 0.700. The second kappa shape index (κ2) is 7.67. The molecule has 1 aliphatic heterocycles. The van der Waals surface area contributed by atoms with Crippen LogP contribution in [0.4, 0.5) is 5.69 Å². The zero-order valence-electron chi connectivity index (χ0n) is 14.7. The van der Waals surface area contributed by atoms with Crippen molar-refractivity contribution in [2.45, 2.75) is 70.6 Å². The van der Waals surface area contributed by atoms with Gasteiger partial charge in [0.2, 0.25) is 0 Å². The lowest BCUT2D eigenvalue weighted by molar-refractivity contribution is 0.145. The van der Waals surface area contributed by atoms with E-state index < -0.39 is 0 Å². The van der Waals surface area contributed by atoms with Gasteiger partial charge < -0.3 is 15.3 Å². The summed E-state index contributed by atoms with van der Waals surface area (Å²) in [5.41, 5.74) is 2.67. The number of hydrogen-bond donors (Lipinski definition) is 2. The van der Waals surface area contributed by atoms with Gasteiger partial charge in [-0.1, -0.05) is 31.9 Å². The molecule has 0 spiro atoms. The van der Waals surface area contributed by atoms with Crippen LogP contribution in [-0.4, -0.2) is 30.3 Å². The Morgan fingerprint density at radius 2 is 1.70 bits per heavy atom. The number of hydrogen-bond acceptors (Lipinski definition) is 3. The number of rotatable bonds is 4. The second-order valence-corrected chi connectivity index (χ2v) is 7.57. The highest BCUT2D eigenvalue weighted by Gasteiger charge is 2.23. The summed E-state index contributed by atoms with van der Waals surface area (Å²) >= 11 is 0. The van der Waals surface area contributed by atoms with Crippen LogP contribution in [-0.2, 0) is 0 Å². The Balaban J connectivity index is 1.58.